The first-order chi connectivity index (χ1) is 12.4. The molecule has 2 aromatic rings. The van der Waals surface area contributed by atoms with Gasteiger partial charge in [-0.3, -0.25) is 0 Å². The summed E-state index contributed by atoms with van der Waals surface area (Å²) in [6.45, 7) is 3.11. The van der Waals surface area contributed by atoms with Gasteiger partial charge in [0.05, 0.1) is 5.57 Å². The van der Waals surface area contributed by atoms with Crippen molar-refractivity contribution in [2.45, 2.75) is 30.4 Å². The maximum Gasteiger partial charge on any atom is 0.337 e. The van der Waals surface area contributed by atoms with Gasteiger partial charge >= 0.3 is 5.97 Å². The molecule has 5 nitrogen and oxygen atoms in total. The van der Waals surface area contributed by atoms with Gasteiger partial charge in [-0.15, -0.1) is 11.3 Å². The quantitative estimate of drug-likeness (QED) is 0.762. The molecule has 3 rings (SSSR count). The second-order valence-electron chi connectivity index (χ2n) is 6.19. The van der Waals surface area contributed by atoms with E-state index in [0.717, 1.165) is 36.2 Å². The molecule has 0 atom stereocenters. The highest BCUT2D eigenvalue weighted by Crippen LogP contribution is 2.32. The fourth-order valence-corrected chi connectivity index (χ4v) is 5.90. The molecule has 1 aliphatic heterocycles. The zero-order chi connectivity index (χ0) is 18.7. The van der Waals surface area contributed by atoms with E-state index in [1.807, 2.05) is 24.3 Å². The van der Waals surface area contributed by atoms with Gasteiger partial charge in [-0.05, 0) is 48.6 Å². The van der Waals surface area contributed by atoms with Crippen LogP contribution in [0.25, 0.3) is 11.6 Å². The third-order valence-electron chi connectivity index (χ3n) is 4.44. The Kier molecular flexibility index (Phi) is 5.60. The van der Waals surface area contributed by atoms with E-state index in [2.05, 4.69) is 6.92 Å². The lowest BCUT2D eigenvalue weighted by Crippen LogP contribution is -2.27. The number of carboxylic acid groups (broad SMARTS) is 1. The van der Waals surface area contributed by atoms with Gasteiger partial charge in [0.15, 0.2) is 0 Å². The van der Waals surface area contributed by atoms with Crippen LogP contribution in [-0.2, 0) is 21.2 Å². The zero-order valence-electron chi connectivity index (χ0n) is 14.5. The lowest BCUT2D eigenvalue weighted by Gasteiger charge is -2.13. The highest BCUT2D eigenvalue weighted by molar-refractivity contribution is 7.91. The summed E-state index contributed by atoms with van der Waals surface area (Å²) in [4.78, 5) is 12.2. The number of thiophene rings is 1. The molecular weight excluding hydrogens is 370 g/mol. The van der Waals surface area contributed by atoms with E-state index in [-0.39, 0.29) is 9.78 Å². The number of carboxylic acids is 1. The number of rotatable bonds is 6. The molecule has 26 heavy (non-hydrogen) atoms. The van der Waals surface area contributed by atoms with Crippen molar-refractivity contribution in [3.63, 3.8) is 0 Å². The first-order valence-corrected chi connectivity index (χ1v) is 10.8. The van der Waals surface area contributed by atoms with E-state index in [4.69, 9.17) is 0 Å². The van der Waals surface area contributed by atoms with Crippen molar-refractivity contribution in [3.05, 3.63) is 52.4 Å². The number of nitrogens with zero attached hydrogens (tertiary/aromatic N) is 1. The van der Waals surface area contributed by atoms with E-state index in [1.165, 1.54) is 15.9 Å². The van der Waals surface area contributed by atoms with E-state index in [9.17, 15) is 18.3 Å². The summed E-state index contributed by atoms with van der Waals surface area (Å²) in [6.07, 6.45) is 4.23. The van der Waals surface area contributed by atoms with Crippen LogP contribution in [0.4, 0.5) is 0 Å². The van der Waals surface area contributed by atoms with Crippen LogP contribution in [-0.4, -0.2) is 36.9 Å². The van der Waals surface area contributed by atoms with Gasteiger partial charge in [0.1, 0.15) is 4.21 Å². The minimum absolute atomic E-state index is 0.0992. The van der Waals surface area contributed by atoms with Crippen molar-refractivity contribution >= 4 is 39.0 Å². The summed E-state index contributed by atoms with van der Waals surface area (Å²) in [5, 5.41) is 9.59. The fraction of sp³-hybridized carbons (Fsp3) is 0.316. The SMILES string of the molecule is CCc1ccc(C=C(C(=O)O)c2ccc(S(=O)(=O)N3CCCC3)s2)cc1. The van der Waals surface area contributed by atoms with Gasteiger partial charge in [0.25, 0.3) is 10.0 Å². The van der Waals surface area contributed by atoms with Crippen LogP contribution in [0.5, 0.6) is 0 Å². The summed E-state index contributed by atoms with van der Waals surface area (Å²) < 4.78 is 26.9. The van der Waals surface area contributed by atoms with Crippen molar-refractivity contribution < 1.29 is 18.3 Å². The Labute approximate surface area is 157 Å². The van der Waals surface area contributed by atoms with Crippen LogP contribution >= 0.6 is 11.3 Å². The monoisotopic (exact) mass is 391 g/mol. The highest BCUT2D eigenvalue weighted by Gasteiger charge is 2.29. The number of aliphatic carboxylic acids is 1. The highest BCUT2D eigenvalue weighted by atomic mass is 32.2. The predicted molar refractivity (Wildman–Crippen MR) is 104 cm³/mol. The Bertz CT molecular complexity index is 921. The number of aryl methyl sites for hydroxylation is 1. The Morgan fingerprint density at radius 2 is 1.81 bits per heavy atom. The molecule has 0 bridgehead atoms. The van der Waals surface area contributed by atoms with E-state index >= 15 is 0 Å². The largest absolute Gasteiger partial charge is 0.478 e. The van der Waals surface area contributed by atoms with Crippen LogP contribution in [0.15, 0.2) is 40.6 Å². The Morgan fingerprint density at radius 3 is 2.38 bits per heavy atom. The first-order valence-electron chi connectivity index (χ1n) is 8.56. The Morgan fingerprint density at radius 1 is 1.15 bits per heavy atom. The van der Waals surface area contributed by atoms with Gasteiger partial charge < -0.3 is 5.11 Å². The van der Waals surface area contributed by atoms with Gasteiger partial charge in [-0.2, -0.15) is 4.31 Å². The molecule has 7 heteroatoms. The molecule has 0 radical (unpaired) electrons. The summed E-state index contributed by atoms with van der Waals surface area (Å²) in [6, 6.07) is 10.7. The van der Waals surface area contributed by atoms with E-state index in [0.29, 0.717) is 18.0 Å². The average Bonchev–Trinajstić information content (AvgIpc) is 3.32. The van der Waals surface area contributed by atoms with Gasteiger partial charge in [0.2, 0.25) is 0 Å². The molecule has 0 saturated carbocycles. The van der Waals surface area contributed by atoms with Crippen molar-refractivity contribution in [2.75, 3.05) is 13.1 Å². The molecule has 1 aliphatic rings. The number of benzene rings is 1. The summed E-state index contributed by atoms with van der Waals surface area (Å²) >= 11 is 1.01. The third kappa shape index (κ3) is 3.90. The van der Waals surface area contributed by atoms with E-state index < -0.39 is 16.0 Å². The molecule has 1 fully saturated rings. The second kappa shape index (κ2) is 7.73. The second-order valence-corrected chi connectivity index (χ2v) is 9.44. The maximum atomic E-state index is 12.6. The lowest BCUT2D eigenvalue weighted by molar-refractivity contribution is -0.130. The minimum Gasteiger partial charge on any atom is -0.478 e. The van der Waals surface area contributed by atoms with E-state index in [1.54, 1.807) is 12.1 Å². The molecule has 138 valence electrons. The molecule has 0 aliphatic carbocycles. The normalized spacial score (nSPS) is 16.1. The predicted octanol–water partition coefficient (Wildman–Crippen LogP) is 3.72. The minimum atomic E-state index is -3.53. The maximum absolute atomic E-state index is 12.6. The van der Waals surface area contributed by atoms with Crippen molar-refractivity contribution in [3.8, 4) is 0 Å². The fourth-order valence-electron chi connectivity index (χ4n) is 2.91. The molecule has 1 N–H and O–H groups in total. The van der Waals surface area contributed by atoms with Gasteiger partial charge in [0, 0.05) is 18.0 Å². The summed E-state index contributed by atoms with van der Waals surface area (Å²) in [7, 11) is -3.53. The van der Waals surface area contributed by atoms with Crippen LogP contribution in [0.1, 0.15) is 35.8 Å². The number of hydrogen-bond acceptors (Lipinski definition) is 4. The van der Waals surface area contributed by atoms with Crippen molar-refractivity contribution in [2.24, 2.45) is 0 Å². The number of hydrogen-bond donors (Lipinski definition) is 1. The van der Waals surface area contributed by atoms with Gasteiger partial charge in [-0.25, -0.2) is 13.2 Å². The smallest absolute Gasteiger partial charge is 0.337 e. The molecule has 2 heterocycles. The number of sulfonamides is 1. The number of carbonyl (C=O) groups is 1. The molecule has 1 aromatic heterocycles. The Balaban J connectivity index is 1.93. The molecule has 0 spiro atoms. The molecule has 0 amide bonds. The van der Waals surface area contributed by atoms with Crippen LogP contribution < -0.4 is 0 Å². The summed E-state index contributed by atoms with van der Waals surface area (Å²) in [5.41, 5.74) is 2.05. The average molecular weight is 392 g/mol. The van der Waals surface area contributed by atoms with Crippen molar-refractivity contribution in [1.82, 2.24) is 4.31 Å². The third-order valence-corrected chi connectivity index (χ3v) is 7.92. The molecule has 1 aromatic carbocycles. The lowest BCUT2D eigenvalue weighted by atomic mass is 10.1. The topological polar surface area (TPSA) is 74.7 Å². The van der Waals surface area contributed by atoms with Crippen LogP contribution in [0.2, 0.25) is 0 Å². The van der Waals surface area contributed by atoms with Gasteiger partial charge in [-0.1, -0.05) is 31.2 Å². The standard InChI is InChI=1S/C19H21NO4S2/c1-2-14-5-7-15(8-6-14)13-16(19(21)22)17-9-10-18(25-17)26(23,24)20-11-3-4-12-20/h5-10,13H,2-4,11-12H2,1H3,(H,21,22). The zero-order valence-corrected chi connectivity index (χ0v) is 16.1. The van der Waals surface area contributed by atoms with Crippen LogP contribution in [0.3, 0.4) is 0 Å². The summed E-state index contributed by atoms with van der Waals surface area (Å²) in [5.74, 6) is -1.07. The van der Waals surface area contributed by atoms with Crippen molar-refractivity contribution in [1.29, 1.82) is 0 Å². The molecular formula is C19H21NO4S2. The Hall–Kier alpha value is -1.96. The first kappa shape index (κ1) is 18.8. The van der Waals surface area contributed by atoms with Crippen LogP contribution in [0, 0.1) is 0 Å². The molecule has 0 unspecified atom stereocenters. The molecule has 1 saturated heterocycles.